The van der Waals surface area contributed by atoms with E-state index in [2.05, 4.69) is 15.3 Å². The standard InChI is InChI=1S/C14H13ClN4O/c1-19(2)14-16-7-8-5-12(20)17-11-6-9(15)3-4-10(11)13(8)18-14/h3-4,6-7H,5H2,1-2H3,(H,17,20). The summed E-state index contributed by atoms with van der Waals surface area (Å²) in [6.07, 6.45) is 1.97. The molecule has 1 aromatic heterocycles. The van der Waals surface area contributed by atoms with E-state index in [-0.39, 0.29) is 12.3 Å². The smallest absolute Gasteiger partial charge is 0.228 e. The first-order valence-electron chi connectivity index (χ1n) is 6.17. The maximum atomic E-state index is 11.9. The highest BCUT2D eigenvalue weighted by molar-refractivity contribution is 6.31. The molecule has 1 aromatic carbocycles. The quantitative estimate of drug-likeness (QED) is 0.875. The van der Waals surface area contributed by atoms with Gasteiger partial charge in [-0.3, -0.25) is 4.79 Å². The molecule has 20 heavy (non-hydrogen) atoms. The van der Waals surface area contributed by atoms with Gasteiger partial charge in [-0.15, -0.1) is 0 Å². The maximum absolute atomic E-state index is 11.9. The van der Waals surface area contributed by atoms with Crippen molar-refractivity contribution in [3.63, 3.8) is 0 Å². The lowest BCUT2D eigenvalue weighted by molar-refractivity contribution is -0.115. The zero-order valence-electron chi connectivity index (χ0n) is 11.1. The molecule has 1 amide bonds. The number of hydrogen-bond acceptors (Lipinski definition) is 4. The molecule has 1 aliphatic rings. The number of fused-ring (bicyclic) bond motifs is 3. The van der Waals surface area contributed by atoms with E-state index in [1.807, 2.05) is 25.1 Å². The van der Waals surface area contributed by atoms with Crippen molar-refractivity contribution in [2.75, 3.05) is 24.3 Å². The molecule has 0 unspecified atom stereocenters. The summed E-state index contributed by atoms with van der Waals surface area (Å²) in [5.41, 5.74) is 3.13. The van der Waals surface area contributed by atoms with Gasteiger partial charge in [0.2, 0.25) is 11.9 Å². The average molecular weight is 289 g/mol. The van der Waals surface area contributed by atoms with E-state index in [4.69, 9.17) is 11.6 Å². The summed E-state index contributed by atoms with van der Waals surface area (Å²) >= 11 is 5.99. The van der Waals surface area contributed by atoms with Gasteiger partial charge >= 0.3 is 0 Å². The molecule has 2 aromatic rings. The summed E-state index contributed by atoms with van der Waals surface area (Å²) in [5.74, 6) is 0.521. The predicted molar refractivity (Wildman–Crippen MR) is 79.1 cm³/mol. The van der Waals surface area contributed by atoms with Crippen LogP contribution in [0.15, 0.2) is 24.4 Å². The minimum atomic E-state index is -0.0894. The number of aromatic nitrogens is 2. The number of carbonyl (C=O) groups is 1. The van der Waals surface area contributed by atoms with Crippen LogP contribution in [0.4, 0.5) is 11.6 Å². The second-order valence-electron chi connectivity index (χ2n) is 4.85. The second kappa shape index (κ2) is 4.76. The van der Waals surface area contributed by atoms with Crippen LogP contribution in [0, 0.1) is 0 Å². The molecule has 0 atom stereocenters. The normalized spacial score (nSPS) is 13.1. The second-order valence-corrected chi connectivity index (χ2v) is 5.29. The van der Waals surface area contributed by atoms with E-state index in [1.165, 1.54) is 0 Å². The van der Waals surface area contributed by atoms with E-state index < -0.39 is 0 Å². The highest BCUT2D eigenvalue weighted by Crippen LogP contribution is 2.34. The zero-order chi connectivity index (χ0) is 14.3. The van der Waals surface area contributed by atoms with Crippen LogP contribution in [0.25, 0.3) is 11.3 Å². The Balaban J connectivity index is 2.25. The van der Waals surface area contributed by atoms with Crippen molar-refractivity contribution in [2.24, 2.45) is 0 Å². The van der Waals surface area contributed by atoms with Gasteiger partial charge in [-0.2, -0.15) is 0 Å². The lowest BCUT2D eigenvalue weighted by Gasteiger charge is -2.13. The molecular weight excluding hydrogens is 276 g/mol. The van der Waals surface area contributed by atoms with Crippen molar-refractivity contribution in [1.29, 1.82) is 0 Å². The van der Waals surface area contributed by atoms with Crippen LogP contribution in [0.2, 0.25) is 5.02 Å². The maximum Gasteiger partial charge on any atom is 0.228 e. The molecule has 1 aliphatic heterocycles. The van der Waals surface area contributed by atoms with Gasteiger partial charge in [0, 0.05) is 36.4 Å². The molecule has 5 nitrogen and oxygen atoms in total. The van der Waals surface area contributed by atoms with Crippen LogP contribution >= 0.6 is 11.6 Å². The zero-order valence-corrected chi connectivity index (χ0v) is 11.9. The third-order valence-electron chi connectivity index (χ3n) is 3.11. The predicted octanol–water partition coefficient (Wildman–Crippen LogP) is 2.36. The highest BCUT2D eigenvalue weighted by atomic mass is 35.5. The van der Waals surface area contributed by atoms with Gasteiger partial charge in [0.05, 0.1) is 17.8 Å². The topological polar surface area (TPSA) is 58.1 Å². The third-order valence-corrected chi connectivity index (χ3v) is 3.35. The summed E-state index contributed by atoms with van der Waals surface area (Å²) in [5, 5.41) is 3.43. The molecule has 0 radical (unpaired) electrons. The molecule has 3 rings (SSSR count). The van der Waals surface area contributed by atoms with Crippen molar-refractivity contribution in [3.05, 3.63) is 35.0 Å². The van der Waals surface area contributed by atoms with Crippen molar-refractivity contribution < 1.29 is 4.79 Å². The van der Waals surface area contributed by atoms with Crippen LogP contribution in [-0.4, -0.2) is 30.0 Å². The lowest BCUT2D eigenvalue weighted by atomic mass is 10.1. The van der Waals surface area contributed by atoms with Crippen molar-refractivity contribution in [2.45, 2.75) is 6.42 Å². The fourth-order valence-corrected chi connectivity index (χ4v) is 2.34. The van der Waals surface area contributed by atoms with E-state index in [0.29, 0.717) is 16.7 Å². The van der Waals surface area contributed by atoms with E-state index in [9.17, 15) is 4.79 Å². The highest BCUT2D eigenvalue weighted by Gasteiger charge is 2.21. The number of carbonyl (C=O) groups excluding carboxylic acids is 1. The molecule has 102 valence electrons. The number of anilines is 2. The molecule has 6 heteroatoms. The Morgan fingerprint density at radius 1 is 1.35 bits per heavy atom. The van der Waals surface area contributed by atoms with Gasteiger partial charge in [-0.1, -0.05) is 11.6 Å². The monoisotopic (exact) mass is 288 g/mol. The number of hydrogen-bond donors (Lipinski definition) is 1. The molecule has 0 fully saturated rings. The first-order valence-corrected chi connectivity index (χ1v) is 6.55. The SMILES string of the molecule is CN(C)c1ncc2c(n1)-c1ccc(Cl)cc1NC(=O)C2. The molecule has 1 N–H and O–H groups in total. The number of rotatable bonds is 1. The minimum Gasteiger partial charge on any atom is -0.347 e. The Morgan fingerprint density at radius 2 is 2.15 bits per heavy atom. The molecule has 0 bridgehead atoms. The minimum absolute atomic E-state index is 0.0894. The number of halogens is 1. The van der Waals surface area contributed by atoms with E-state index in [1.54, 1.807) is 18.3 Å². The fraction of sp³-hybridized carbons (Fsp3) is 0.214. The first kappa shape index (κ1) is 12.9. The summed E-state index contributed by atoms with van der Waals surface area (Å²) in [6, 6.07) is 5.40. The van der Waals surface area contributed by atoms with Crippen LogP contribution in [-0.2, 0) is 11.2 Å². The first-order chi connectivity index (χ1) is 9.54. The van der Waals surface area contributed by atoms with Crippen molar-refractivity contribution in [1.82, 2.24) is 9.97 Å². The van der Waals surface area contributed by atoms with Crippen LogP contribution < -0.4 is 10.2 Å². The number of amides is 1. The number of benzene rings is 1. The van der Waals surface area contributed by atoms with Crippen molar-refractivity contribution >= 4 is 29.1 Å². The van der Waals surface area contributed by atoms with Gasteiger partial charge in [-0.05, 0) is 18.2 Å². The molecular formula is C14H13ClN4O. The van der Waals surface area contributed by atoms with Gasteiger partial charge in [0.1, 0.15) is 0 Å². The average Bonchev–Trinajstić information content (AvgIpc) is 2.52. The molecule has 0 aliphatic carbocycles. The fourth-order valence-electron chi connectivity index (χ4n) is 2.17. The van der Waals surface area contributed by atoms with Crippen LogP contribution in [0.3, 0.4) is 0 Å². The Labute approximate surface area is 121 Å². The molecule has 0 spiro atoms. The van der Waals surface area contributed by atoms with Gasteiger partial charge < -0.3 is 10.2 Å². The largest absolute Gasteiger partial charge is 0.347 e. The Bertz CT molecular complexity index is 700. The van der Waals surface area contributed by atoms with Crippen molar-refractivity contribution in [3.8, 4) is 11.3 Å². The Kier molecular flexibility index (Phi) is 3.06. The summed E-state index contributed by atoms with van der Waals surface area (Å²) < 4.78 is 0. The van der Waals surface area contributed by atoms with Gasteiger partial charge in [0.25, 0.3) is 0 Å². The lowest BCUT2D eigenvalue weighted by Crippen LogP contribution is -2.15. The van der Waals surface area contributed by atoms with Crippen LogP contribution in [0.5, 0.6) is 0 Å². The summed E-state index contributed by atoms with van der Waals surface area (Å²) in [4.78, 5) is 22.6. The Morgan fingerprint density at radius 3 is 2.90 bits per heavy atom. The number of nitrogens with zero attached hydrogens (tertiary/aromatic N) is 3. The van der Waals surface area contributed by atoms with Crippen LogP contribution in [0.1, 0.15) is 5.56 Å². The summed E-state index contributed by atoms with van der Waals surface area (Å²) in [7, 11) is 3.76. The van der Waals surface area contributed by atoms with Gasteiger partial charge in [0.15, 0.2) is 0 Å². The molecule has 2 heterocycles. The van der Waals surface area contributed by atoms with E-state index in [0.717, 1.165) is 16.8 Å². The molecule has 0 saturated carbocycles. The van der Waals surface area contributed by atoms with E-state index >= 15 is 0 Å². The third kappa shape index (κ3) is 2.20. The Hall–Kier alpha value is -2.14. The summed E-state index contributed by atoms with van der Waals surface area (Å²) in [6.45, 7) is 0. The molecule has 0 saturated heterocycles. The number of nitrogens with one attached hydrogen (secondary N) is 1. The van der Waals surface area contributed by atoms with Gasteiger partial charge in [-0.25, -0.2) is 9.97 Å².